The number of nitrogens with zero attached hydrogens (tertiary/aromatic N) is 4. The van der Waals surface area contributed by atoms with Gasteiger partial charge in [-0.25, -0.2) is 9.47 Å². The van der Waals surface area contributed by atoms with Crippen LogP contribution >= 0.6 is 0 Å². The molecule has 0 aliphatic carbocycles. The van der Waals surface area contributed by atoms with Gasteiger partial charge in [-0.3, -0.25) is 14.5 Å². The van der Waals surface area contributed by atoms with Crippen LogP contribution in [0.2, 0.25) is 0 Å². The summed E-state index contributed by atoms with van der Waals surface area (Å²) in [6.45, 7) is 24.1. The Morgan fingerprint density at radius 3 is 2.27 bits per heavy atom. The van der Waals surface area contributed by atoms with Gasteiger partial charge in [0.1, 0.15) is 5.60 Å². The van der Waals surface area contributed by atoms with Gasteiger partial charge in [0.25, 0.3) is 11.5 Å². The number of nitrogens with two attached hydrogens (primary N) is 1. The number of hydrogen-bond donors (Lipinski definition) is 2. The lowest BCUT2D eigenvalue weighted by Crippen LogP contribution is -2.59. The minimum atomic E-state index is -0.560. The zero-order chi connectivity index (χ0) is 35.5. The summed E-state index contributed by atoms with van der Waals surface area (Å²) in [5.41, 5.74) is 4.78. The molecule has 266 valence electrons. The number of nitrogen functional groups attached to an aromatic ring is 1. The lowest BCUT2D eigenvalue weighted by atomic mass is 9.96. The predicted molar refractivity (Wildman–Crippen MR) is 191 cm³/mol. The molecule has 2 aliphatic heterocycles. The third-order valence-electron chi connectivity index (χ3n) is 9.59. The number of pyridine rings is 1. The molecule has 11 heteroatoms. The summed E-state index contributed by atoms with van der Waals surface area (Å²) in [6.07, 6.45) is 1.57. The quantitative estimate of drug-likeness (QED) is 0.356. The Labute approximate surface area is 286 Å². The van der Waals surface area contributed by atoms with Crippen LogP contribution in [0.3, 0.4) is 0 Å². The maximum Gasteiger partial charge on any atom is 0.410 e. The van der Waals surface area contributed by atoms with Crippen LogP contribution in [0.4, 0.5) is 10.5 Å². The summed E-state index contributed by atoms with van der Waals surface area (Å²) < 4.78 is 12.5. The van der Waals surface area contributed by atoms with E-state index >= 15 is 0 Å². The second kappa shape index (κ2) is 15.3. The molecule has 2 fully saturated rings. The fourth-order valence-corrected chi connectivity index (χ4v) is 7.27. The van der Waals surface area contributed by atoms with E-state index in [-0.39, 0.29) is 42.1 Å². The summed E-state index contributed by atoms with van der Waals surface area (Å²) in [6, 6.07) is 6.38. The van der Waals surface area contributed by atoms with Gasteiger partial charge in [0.05, 0.1) is 0 Å². The number of aromatic nitrogens is 1. The number of aryl methyl sites for hydroxylation is 1. The fourth-order valence-electron chi connectivity index (χ4n) is 7.27. The largest absolute Gasteiger partial charge is 0.444 e. The molecule has 0 bridgehead atoms. The van der Waals surface area contributed by atoms with Crippen molar-refractivity contribution in [2.24, 2.45) is 0 Å². The first-order chi connectivity index (χ1) is 22.5. The summed E-state index contributed by atoms with van der Waals surface area (Å²) in [5, 5.41) is 3.07. The van der Waals surface area contributed by atoms with Crippen LogP contribution in [-0.4, -0.2) is 83.1 Å². The molecule has 2 saturated heterocycles. The summed E-state index contributed by atoms with van der Waals surface area (Å²) in [5.74, 6) is 5.92. The van der Waals surface area contributed by atoms with Crippen LogP contribution in [0.25, 0.3) is 0 Å². The van der Waals surface area contributed by atoms with E-state index in [9.17, 15) is 14.4 Å². The number of hydrogen-bond acceptors (Lipinski definition) is 8. The van der Waals surface area contributed by atoms with E-state index in [0.29, 0.717) is 42.5 Å². The van der Waals surface area contributed by atoms with E-state index in [0.717, 1.165) is 59.7 Å². The second-order valence-electron chi connectivity index (χ2n) is 14.9. The van der Waals surface area contributed by atoms with E-state index in [1.165, 1.54) is 0 Å². The molecule has 48 heavy (non-hydrogen) atoms. The van der Waals surface area contributed by atoms with E-state index in [1.807, 2.05) is 65.5 Å². The Kier molecular flexibility index (Phi) is 11.9. The average Bonchev–Trinajstić information content (AvgIpc) is 3.00. The number of nitrogens with one attached hydrogen (secondary N) is 1. The van der Waals surface area contributed by atoms with Gasteiger partial charge >= 0.3 is 6.09 Å². The minimum absolute atomic E-state index is 0.0399. The first-order valence-corrected chi connectivity index (χ1v) is 17.5. The lowest BCUT2D eigenvalue weighted by Gasteiger charge is -2.44. The van der Waals surface area contributed by atoms with E-state index in [1.54, 1.807) is 0 Å². The summed E-state index contributed by atoms with van der Waals surface area (Å²) >= 11 is 0. The van der Waals surface area contributed by atoms with Crippen molar-refractivity contribution in [3.8, 4) is 0 Å². The average molecular weight is 667 g/mol. The summed E-state index contributed by atoms with van der Waals surface area (Å²) in [4.78, 5) is 46.9. The third-order valence-corrected chi connectivity index (χ3v) is 9.59. The Morgan fingerprint density at radius 1 is 1.08 bits per heavy atom. The van der Waals surface area contributed by atoms with E-state index < -0.39 is 5.60 Å². The maximum atomic E-state index is 14.0. The molecule has 1 aromatic carbocycles. The number of amides is 2. The molecule has 2 unspecified atom stereocenters. The van der Waals surface area contributed by atoms with Crippen LogP contribution in [0.5, 0.6) is 0 Å². The highest BCUT2D eigenvalue weighted by molar-refractivity contribution is 5.97. The topological polar surface area (TPSA) is 122 Å². The number of rotatable bonds is 9. The number of anilines is 1. The Hall–Kier alpha value is -3.57. The van der Waals surface area contributed by atoms with E-state index in [2.05, 4.69) is 42.0 Å². The third kappa shape index (κ3) is 8.52. The molecule has 3 heterocycles. The fraction of sp³-hybridized carbons (Fsp3) is 0.649. The van der Waals surface area contributed by atoms with Gasteiger partial charge in [0.2, 0.25) is 0 Å². The van der Waals surface area contributed by atoms with Gasteiger partial charge in [-0.05, 0) is 109 Å². The van der Waals surface area contributed by atoms with Crippen LogP contribution in [0.1, 0.15) is 112 Å². The molecule has 2 amide bonds. The Bertz CT molecular complexity index is 1510. The van der Waals surface area contributed by atoms with Gasteiger partial charge in [0, 0.05) is 86.6 Å². The molecular formula is C37H58N6O5. The molecule has 2 aromatic rings. The zero-order valence-corrected chi connectivity index (χ0v) is 30.8. The first kappa shape index (κ1) is 37.3. The van der Waals surface area contributed by atoms with Crippen LogP contribution in [-0.2, 0) is 22.6 Å². The van der Waals surface area contributed by atoms with Gasteiger partial charge in [-0.2, -0.15) is 0 Å². The molecule has 0 saturated carbocycles. The van der Waals surface area contributed by atoms with Crippen molar-refractivity contribution >= 4 is 17.7 Å². The van der Waals surface area contributed by atoms with Gasteiger partial charge in [-0.15, -0.1) is 0 Å². The molecule has 0 radical (unpaired) electrons. The van der Waals surface area contributed by atoms with Gasteiger partial charge in [-0.1, -0.05) is 13.8 Å². The molecule has 4 rings (SSSR count). The van der Waals surface area contributed by atoms with Crippen molar-refractivity contribution in [1.29, 1.82) is 0 Å². The monoisotopic (exact) mass is 666 g/mol. The summed E-state index contributed by atoms with van der Waals surface area (Å²) in [7, 11) is 0. The highest BCUT2D eigenvalue weighted by Crippen LogP contribution is 2.31. The van der Waals surface area contributed by atoms with Crippen LogP contribution in [0, 0.1) is 13.8 Å². The molecule has 2 atom stereocenters. The van der Waals surface area contributed by atoms with Gasteiger partial charge in [0.15, 0.2) is 0 Å². The second-order valence-corrected chi connectivity index (χ2v) is 14.9. The SMILES string of the molecule is CCN(c1cc(CN2CC(C)N(C(=O)OC(C)(C)C)C(C)C2)cc(C(=O)NCc2c(C(C)C)cc(C)n(N)c2=O)c1C)C1CCOCC1. The number of benzene rings is 1. The van der Waals surface area contributed by atoms with Crippen molar-refractivity contribution < 1.29 is 19.1 Å². The van der Waals surface area contributed by atoms with Crippen molar-refractivity contribution in [3.05, 3.63) is 62.1 Å². The predicted octanol–water partition coefficient (Wildman–Crippen LogP) is 5.07. The highest BCUT2D eigenvalue weighted by atomic mass is 16.6. The highest BCUT2D eigenvalue weighted by Gasteiger charge is 2.36. The number of ether oxygens (including phenoxy) is 2. The molecule has 3 N–H and O–H groups in total. The molecular weight excluding hydrogens is 608 g/mol. The standard InChI is InChI=1S/C37H58N6O5/c1-11-41(29-12-14-47-15-13-29)33-18-28(22-40-20-25(5)42(26(6)21-40)36(46)48-37(8,9)10)17-31(27(33)7)34(44)39-19-32-30(23(2)3)16-24(4)43(38)35(32)45/h16-18,23,25-26,29H,11-15,19-22,38H2,1-10H3,(H,39,44). The van der Waals surface area contributed by atoms with Gasteiger partial charge < -0.3 is 30.4 Å². The smallest absolute Gasteiger partial charge is 0.410 e. The van der Waals surface area contributed by atoms with Crippen LogP contribution in [0.15, 0.2) is 23.0 Å². The maximum absolute atomic E-state index is 14.0. The Morgan fingerprint density at radius 2 is 1.71 bits per heavy atom. The molecule has 11 nitrogen and oxygen atoms in total. The van der Waals surface area contributed by atoms with Crippen molar-refractivity contribution in [1.82, 2.24) is 19.8 Å². The van der Waals surface area contributed by atoms with Crippen molar-refractivity contribution in [2.75, 3.05) is 43.6 Å². The number of carbonyl (C=O) groups is 2. The van der Waals surface area contributed by atoms with E-state index in [4.69, 9.17) is 15.3 Å². The zero-order valence-electron chi connectivity index (χ0n) is 30.8. The number of piperazine rings is 1. The van der Waals surface area contributed by atoms with Crippen LogP contribution < -0.4 is 21.6 Å². The molecule has 2 aliphatic rings. The normalized spacial score (nSPS) is 19.4. The minimum Gasteiger partial charge on any atom is -0.444 e. The van der Waals surface area contributed by atoms with Crippen molar-refractivity contribution in [2.45, 2.75) is 125 Å². The van der Waals surface area contributed by atoms with Crippen molar-refractivity contribution in [3.63, 3.8) is 0 Å². The Balaban J connectivity index is 1.65. The molecule has 1 aromatic heterocycles. The molecule has 0 spiro atoms. The lowest BCUT2D eigenvalue weighted by molar-refractivity contribution is -0.0162. The first-order valence-electron chi connectivity index (χ1n) is 17.5. The number of carbonyl (C=O) groups excluding carboxylic acids is 2.